The van der Waals surface area contributed by atoms with Crippen LogP contribution in [-0.4, -0.2) is 45.4 Å². The maximum absolute atomic E-state index is 13.0. The van der Waals surface area contributed by atoms with Gasteiger partial charge in [-0.25, -0.2) is 9.48 Å². The minimum Gasteiger partial charge on any atom is -0.486 e. The fourth-order valence-corrected chi connectivity index (χ4v) is 4.45. The first kappa shape index (κ1) is 23.3. The third kappa shape index (κ3) is 4.24. The number of hydrogen-bond acceptors (Lipinski definition) is 7. The molecule has 1 unspecified atom stereocenters. The summed E-state index contributed by atoms with van der Waals surface area (Å²) in [5.74, 6) is 0.311. The van der Waals surface area contributed by atoms with E-state index in [2.05, 4.69) is 5.10 Å². The van der Waals surface area contributed by atoms with Crippen LogP contribution in [0.15, 0.2) is 59.4 Å². The summed E-state index contributed by atoms with van der Waals surface area (Å²) in [6.45, 7) is 4.22. The van der Waals surface area contributed by atoms with Crippen LogP contribution in [0, 0.1) is 13.8 Å². The summed E-state index contributed by atoms with van der Waals surface area (Å²) in [4.78, 5) is 38.1. The first-order chi connectivity index (χ1) is 17.3. The molecule has 1 atom stereocenters. The van der Waals surface area contributed by atoms with Gasteiger partial charge in [0.2, 0.25) is 5.78 Å². The largest absolute Gasteiger partial charge is 0.486 e. The molecule has 0 saturated carbocycles. The van der Waals surface area contributed by atoms with E-state index < -0.39 is 12.6 Å². The van der Waals surface area contributed by atoms with E-state index in [1.165, 1.54) is 7.05 Å². The number of nitrogens with zero attached hydrogens (tertiary/aromatic N) is 3. The Morgan fingerprint density at radius 2 is 1.75 bits per heavy atom. The standard InChI is InChI=1S/C27H25N3O6/c1-16-12-21(17(2)30(16)13-18-14-34-23-10-6-7-11-24(23)36-18)22(31)15-35-27(33)25-19-8-4-5-9-20(19)26(32)29(3)28-25/h4-12,18H,13-15H2,1-3H3. The van der Waals surface area contributed by atoms with Gasteiger partial charge in [0.25, 0.3) is 5.56 Å². The van der Waals surface area contributed by atoms with Crippen molar-refractivity contribution in [3.63, 3.8) is 0 Å². The Hall–Kier alpha value is -4.40. The van der Waals surface area contributed by atoms with Crippen LogP contribution in [-0.2, 0) is 18.3 Å². The number of ketones is 1. The zero-order valence-electron chi connectivity index (χ0n) is 20.2. The first-order valence-corrected chi connectivity index (χ1v) is 11.5. The van der Waals surface area contributed by atoms with Crippen molar-refractivity contribution in [3.8, 4) is 11.5 Å². The lowest BCUT2D eigenvalue weighted by Crippen LogP contribution is -2.33. The molecular weight excluding hydrogens is 462 g/mol. The highest BCUT2D eigenvalue weighted by Gasteiger charge is 2.25. The number of carbonyl (C=O) groups excluding carboxylic acids is 2. The molecular formula is C27H25N3O6. The Labute approximate surface area is 206 Å². The molecule has 36 heavy (non-hydrogen) atoms. The molecule has 0 fully saturated rings. The summed E-state index contributed by atoms with van der Waals surface area (Å²) in [6.07, 6.45) is -0.213. The van der Waals surface area contributed by atoms with Gasteiger partial charge in [-0.3, -0.25) is 9.59 Å². The monoisotopic (exact) mass is 487 g/mol. The quantitative estimate of drug-likeness (QED) is 0.304. The molecule has 2 aromatic carbocycles. The maximum Gasteiger partial charge on any atom is 0.359 e. The molecule has 0 amide bonds. The molecule has 0 aliphatic carbocycles. The van der Waals surface area contributed by atoms with Gasteiger partial charge in [0.15, 0.2) is 29.9 Å². The summed E-state index contributed by atoms with van der Waals surface area (Å²) in [6, 6.07) is 16.0. The molecule has 2 aromatic heterocycles. The number of ether oxygens (including phenoxy) is 3. The summed E-state index contributed by atoms with van der Waals surface area (Å²) in [5, 5.41) is 4.79. The summed E-state index contributed by atoms with van der Waals surface area (Å²) in [5.41, 5.74) is 1.77. The Bertz CT molecular complexity index is 1550. The molecule has 9 heteroatoms. The van der Waals surface area contributed by atoms with Crippen LogP contribution >= 0.6 is 0 Å². The Kier molecular flexibility index (Phi) is 6.05. The van der Waals surface area contributed by atoms with Crippen molar-refractivity contribution < 1.29 is 23.8 Å². The van der Waals surface area contributed by atoms with Gasteiger partial charge in [-0.2, -0.15) is 5.10 Å². The molecule has 0 spiro atoms. The van der Waals surface area contributed by atoms with E-state index in [-0.39, 0.29) is 23.1 Å². The van der Waals surface area contributed by atoms with Crippen molar-refractivity contribution >= 4 is 22.5 Å². The molecule has 1 aliphatic rings. The molecule has 1 aliphatic heterocycles. The van der Waals surface area contributed by atoms with Crippen LogP contribution in [0.1, 0.15) is 32.2 Å². The fraction of sp³-hybridized carbons (Fsp3) is 0.259. The van der Waals surface area contributed by atoms with E-state index >= 15 is 0 Å². The molecule has 9 nitrogen and oxygen atoms in total. The van der Waals surface area contributed by atoms with E-state index in [4.69, 9.17) is 14.2 Å². The second-order valence-corrected chi connectivity index (χ2v) is 8.72. The third-order valence-corrected chi connectivity index (χ3v) is 6.31. The van der Waals surface area contributed by atoms with E-state index in [0.717, 1.165) is 16.1 Å². The number of rotatable bonds is 6. The molecule has 0 bridgehead atoms. The predicted octanol–water partition coefficient (Wildman–Crippen LogP) is 3.23. The lowest BCUT2D eigenvalue weighted by molar-refractivity contribution is 0.0468. The maximum atomic E-state index is 13.0. The molecule has 184 valence electrons. The average molecular weight is 488 g/mol. The van der Waals surface area contributed by atoms with Gasteiger partial charge >= 0.3 is 5.97 Å². The highest BCUT2D eigenvalue weighted by molar-refractivity contribution is 6.04. The van der Waals surface area contributed by atoms with Gasteiger partial charge in [0.1, 0.15) is 6.61 Å². The smallest absolute Gasteiger partial charge is 0.359 e. The van der Waals surface area contributed by atoms with Crippen molar-refractivity contribution in [2.45, 2.75) is 26.5 Å². The normalized spacial score (nSPS) is 14.6. The summed E-state index contributed by atoms with van der Waals surface area (Å²) < 4.78 is 20.3. The highest BCUT2D eigenvalue weighted by Crippen LogP contribution is 2.31. The Morgan fingerprint density at radius 3 is 2.53 bits per heavy atom. The second-order valence-electron chi connectivity index (χ2n) is 8.72. The van der Waals surface area contributed by atoms with Crippen molar-refractivity contribution in [2.24, 2.45) is 7.05 Å². The van der Waals surface area contributed by atoms with Crippen LogP contribution in [0.3, 0.4) is 0 Å². The van der Waals surface area contributed by atoms with Gasteiger partial charge in [0.05, 0.1) is 11.9 Å². The zero-order valence-corrected chi connectivity index (χ0v) is 20.2. The van der Waals surface area contributed by atoms with E-state index in [1.54, 1.807) is 30.3 Å². The first-order valence-electron chi connectivity index (χ1n) is 11.5. The number of esters is 1. The van der Waals surface area contributed by atoms with E-state index in [9.17, 15) is 14.4 Å². The van der Waals surface area contributed by atoms with E-state index in [0.29, 0.717) is 41.0 Å². The van der Waals surface area contributed by atoms with Crippen LogP contribution in [0.2, 0.25) is 0 Å². The van der Waals surface area contributed by atoms with Crippen molar-refractivity contribution in [2.75, 3.05) is 13.2 Å². The predicted molar refractivity (Wildman–Crippen MR) is 132 cm³/mol. The number of hydrogen-bond donors (Lipinski definition) is 0. The van der Waals surface area contributed by atoms with Crippen LogP contribution in [0.5, 0.6) is 11.5 Å². The van der Waals surface area contributed by atoms with Crippen molar-refractivity contribution in [1.29, 1.82) is 0 Å². The second kappa shape index (κ2) is 9.33. The number of carbonyl (C=O) groups is 2. The molecule has 0 saturated heterocycles. The van der Waals surface area contributed by atoms with Gasteiger partial charge < -0.3 is 18.8 Å². The molecule has 0 radical (unpaired) electrons. The summed E-state index contributed by atoms with van der Waals surface area (Å²) in [7, 11) is 1.46. The van der Waals surface area contributed by atoms with E-state index in [1.807, 2.05) is 42.7 Å². The minimum atomic E-state index is -0.768. The number of aromatic nitrogens is 3. The number of Topliss-reactive ketones (excluding diaryl/α,β-unsaturated/α-hetero) is 1. The van der Waals surface area contributed by atoms with Crippen molar-refractivity contribution in [3.05, 3.63) is 87.6 Å². The topological polar surface area (TPSA) is 102 Å². The Morgan fingerprint density at radius 1 is 1.06 bits per heavy atom. The highest BCUT2D eigenvalue weighted by atomic mass is 16.6. The molecule has 0 N–H and O–H groups in total. The number of benzene rings is 2. The van der Waals surface area contributed by atoms with Crippen molar-refractivity contribution in [1.82, 2.24) is 14.3 Å². The number of fused-ring (bicyclic) bond motifs is 2. The Balaban J connectivity index is 1.29. The lowest BCUT2D eigenvalue weighted by atomic mass is 10.1. The van der Waals surface area contributed by atoms with Gasteiger partial charge in [-0.1, -0.05) is 30.3 Å². The fourth-order valence-electron chi connectivity index (χ4n) is 4.45. The lowest BCUT2D eigenvalue weighted by Gasteiger charge is -2.27. The van der Waals surface area contributed by atoms with Gasteiger partial charge in [0, 0.05) is 29.4 Å². The summed E-state index contributed by atoms with van der Waals surface area (Å²) >= 11 is 0. The van der Waals surface area contributed by atoms with Crippen LogP contribution < -0.4 is 15.0 Å². The molecule has 4 aromatic rings. The minimum absolute atomic E-state index is 0.0132. The van der Waals surface area contributed by atoms with Gasteiger partial charge in [-0.15, -0.1) is 0 Å². The average Bonchev–Trinajstić information content (AvgIpc) is 3.17. The molecule has 3 heterocycles. The van der Waals surface area contributed by atoms with Gasteiger partial charge in [-0.05, 0) is 38.1 Å². The SMILES string of the molecule is Cc1cc(C(=O)COC(=O)c2nn(C)c(=O)c3ccccc23)c(C)n1CC1COc2ccccc2O1. The van der Waals surface area contributed by atoms with Crippen LogP contribution in [0.4, 0.5) is 0 Å². The number of aryl methyl sites for hydroxylation is 2. The third-order valence-electron chi connectivity index (χ3n) is 6.31. The number of para-hydroxylation sites is 2. The van der Waals surface area contributed by atoms with Crippen LogP contribution in [0.25, 0.3) is 10.8 Å². The zero-order chi connectivity index (χ0) is 25.4. The molecule has 5 rings (SSSR count).